The second-order valence-electron chi connectivity index (χ2n) is 4.56. The predicted molar refractivity (Wildman–Crippen MR) is 63.8 cm³/mol. The van der Waals surface area contributed by atoms with Crippen LogP contribution >= 0.6 is 0 Å². The molecule has 0 aliphatic heterocycles. The Labute approximate surface area is 106 Å². The van der Waals surface area contributed by atoms with Crippen molar-refractivity contribution in [2.75, 3.05) is 20.1 Å². The number of rotatable bonds is 5. The molecule has 0 saturated heterocycles. The summed E-state index contributed by atoms with van der Waals surface area (Å²) in [7, 11) is 1.40. The van der Waals surface area contributed by atoms with Crippen LogP contribution in [0.1, 0.15) is 25.7 Å². The monoisotopic (exact) mass is 257 g/mol. The molecule has 0 atom stereocenters. The number of carbonyl (C=O) groups excluding carboxylic acids is 2. The molecule has 0 radical (unpaired) electrons. The van der Waals surface area contributed by atoms with Crippen LogP contribution in [0.25, 0.3) is 0 Å². The number of likely N-dealkylation sites (N-methyl/N-ethyl adjacent to an activating group) is 1. The second-order valence-corrected chi connectivity index (χ2v) is 4.56. The van der Waals surface area contributed by atoms with Gasteiger partial charge in [0.15, 0.2) is 0 Å². The van der Waals surface area contributed by atoms with Crippen LogP contribution in [0.4, 0.5) is 4.79 Å². The molecule has 0 bridgehead atoms. The maximum absolute atomic E-state index is 12.1. The van der Waals surface area contributed by atoms with Gasteiger partial charge in [-0.2, -0.15) is 0 Å². The first-order valence-electron chi connectivity index (χ1n) is 5.93. The van der Waals surface area contributed by atoms with Crippen molar-refractivity contribution in [2.45, 2.75) is 31.7 Å². The maximum atomic E-state index is 12.1. The van der Waals surface area contributed by atoms with Crippen molar-refractivity contribution in [3.8, 4) is 0 Å². The van der Waals surface area contributed by atoms with Crippen LogP contribution < -0.4 is 5.73 Å². The normalized spacial score (nSPS) is 15.4. The Kier molecular flexibility index (Phi) is 4.94. The summed E-state index contributed by atoms with van der Waals surface area (Å²) in [5, 5.41) is 8.66. The zero-order valence-corrected chi connectivity index (χ0v) is 10.5. The van der Waals surface area contributed by atoms with Gasteiger partial charge in [0.05, 0.1) is 0 Å². The SMILES string of the molecule is CN(CC(=O)O)C(=O)N(CC(N)=O)C1CCCC1. The van der Waals surface area contributed by atoms with Crippen molar-refractivity contribution in [3.63, 3.8) is 0 Å². The quantitative estimate of drug-likeness (QED) is 0.714. The minimum atomic E-state index is -1.09. The number of amides is 3. The van der Waals surface area contributed by atoms with E-state index in [1.54, 1.807) is 0 Å². The molecule has 7 heteroatoms. The molecule has 0 aromatic rings. The number of hydrogen-bond acceptors (Lipinski definition) is 3. The Morgan fingerprint density at radius 3 is 2.22 bits per heavy atom. The number of carbonyl (C=O) groups is 3. The number of hydrogen-bond donors (Lipinski definition) is 2. The van der Waals surface area contributed by atoms with Crippen LogP contribution in [0, 0.1) is 0 Å². The molecule has 0 aromatic heterocycles. The molecule has 1 rings (SSSR count). The van der Waals surface area contributed by atoms with Crippen molar-refractivity contribution < 1.29 is 19.5 Å². The molecule has 0 aromatic carbocycles. The van der Waals surface area contributed by atoms with Crippen molar-refractivity contribution in [1.29, 1.82) is 0 Å². The molecule has 0 unspecified atom stereocenters. The number of urea groups is 1. The Morgan fingerprint density at radius 1 is 1.22 bits per heavy atom. The van der Waals surface area contributed by atoms with Gasteiger partial charge in [-0.15, -0.1) is 0 Å². The van der Waals surface area contributed by atoms with E-state index in [-0.39, 0.29) is 19.1 Å². The molecular formula is C11H19N3O4. The molecule has 3 N–H and O–H groups in total. The first kappa shape index (κ1) is 14.3. The maximum Gasteiger partial charge on any atom is 0.323 e. The lowest BCUT2D eigenvalue weighted by Crippen LogP contribution is -2.50. The number of carboxylic acid groups (broad SMARTS) is 1. The molecule has 1 aliphatic rings. The van der Waals surface area contributed by atoms with Crippen molar-refractivity contribution in [2.24, 2.45) is 5.73 Å². The van der Waals surface area contributed by atoms with E-state index in [2.05, 4.69) is 0 Å². The highest BCUT2D eigenvalue weighted by atomic mass is 16.4. The summed E-state index contributed by atoms with van der Waals surface area (Å²) in [5.74, 6) is -1.67. The minimum absolute atomic E-state index is 0.0127. The van der Waals surface area contributed by atoms with E-state index in [9.17, 15) is 14.4 Å². The molecule has 3 amide bonds. The van der Waals surface area contributed by atoms with Crippen molar-refractivity contribution in [3.05, 3.63) is 0 Å². The Bertz CT molecular complexity index is 339. The van der Waals surface area contributed by atoms with Gasteiger partial charge in [-0.1, -0.05) is 12.8 Å². The van der Waals surface area contributed by atoms with Crippen LogP contribution in [0.15, 0.2) is 0 Å². The smallest absolute Gasteiger partial charge is 0.323 e. The third-order valence-corrected chi connectivity index (χ3v) is 3.04. The van der Waals surface area contributed by atoms with Crippen LogP contribution in [0.5, 0.6) is 0 Å². The van der Waals surface area contributed by atoms with E-state index >= 15 is 0 Å². The molecule has 102 valence electrons. The summed E-state index contributed by atoms with van der Waals surface area (Å²) in [5.41, 5.74) is 5.13. The lowest BCUT2D eigenvalue weighted by atomic mass is 10.2. The Morgan fingerprint density at radius 2 is 1.78 bits per heavy atom. The first-order chi connectivity index (χ1) is 8.41. The topological polar surface area (TPSA) is 104 Å². The summed E-state index contributed by atoms with van der Waals surface area (Å²) < 4.78 is 0. The third-order valence-electron chi connectivity index (χ3n) is 3.04. The van der Waals surface area contributed by atoms with Gasteiger partial charge in [-0.3, -0.25) is 9.59 Å². The Balaban J connectivity index is 2.71. The summed E-state index contributed by atoms with van der Waals surface area (Å²) >= 11 is 0. The van der Waals surface area contributed by atoms with Gasteiger partial charge in [0.25, 0.3) is 0 Å². The average molecular weight is 257 g/mol. The number of carboxylic acids is 1. The van der Waals surface area contributed by atoms with E-state index < -0.39 is 17.9 Å². The lowest BCUT2D eigenvalue weighted by Gasteiger charge is -2.31. The number of aliphatic carboxylic acids is 1. The average Bonchev–Trinajstić information content (AvgIpc) is 2.76. The van der Waals surface area contributed by atoms with Crippen molar-refractivity contribution >= 4 is 17.9 Å². The largest absolute Gasteiger partial charge is 0.480 e. The summed E-state index contributed by atoms with van der Waals surface area (Å²) in [4.78, 5) is 36.1. The van der Waals surface area contributed by atoms with Crippen molar-refractivity contribution in [1.82, 2.24) is 9.80 Å². The van der Waals surface area contributed by atoms with Gasteiger partial charge in [0.1, 0.15) is 13.1 Å². The van der Waals surface area contributed by atoms with E-state index in [4.69, 9.17) is 10.8 Å². The molecule has 18 heavy (non-hydrogen) atoms. The molecule has 0 spiro atoms. The van der Waals surface area contributed by atoms with E-state index in [0.29, 0.717) is 0 Å². The van der Waals surface area contributed by atoms with E-state index in [1.807, 2.05) is 0 Å². The van der Waals surface area contributed by atoms with Crippen LogP contribution in [0.3, 0.4) is 0 Å². The van der Waals surface area contributed by atoms with E-state index in [0.717, 1.165) is 30.6 Å². The standard InChI is InChI=1S/C11H19N3O4/c1-13(7-10(16)17)11(18)14(6-9(12)15)8-4-2-3-5-8/h8H,2-7H2,1H3,(H2,12,15)(H,16,17). The highest BCUT2D eigenvalue weighted by Gasteiger charge is 2.30. The number of nitrogens with two attached hydrogens (primary N) is 1. The fourth-order valence-corrected chi connectivity index (χ4v) is 2.23. The minimum Gasteiger partial charge on any atom is -0.480 e. The molecular weight excluding hydrogens is 238 g/mol. The van der Waals surface area contributed by atoms with Gasteiger partial charge in [0.2, 0.25) is 5.91 Å². The summed E-state index contributed by atoms with van der Waals surface area (Å²) in [6.07, 6.45) is 3.69. The van der Waals surface area contributed by atoms with Crippen LogP contribution in [-0.2, 0) is 9.59 Å². The molecule has 0 heterocycles. The molecule has 1 aliphatic carbocycles. The zero-order chi connectivity index (χ0) is 13.7. The predicted octanol–water partition coefficient (Wildman–Crippen LogP) is -0.147. The van der Waals surface area contributed by atoms with Gasteiger partial charge in [0, 0.05) is 13.1 Å². The highest BCUT2D eigenvalue weighted by Crippen LogP contribution is 2.24. The summed E-state index contributed by atoms with van der Waals surface area (Å²) in [6.45, 7) is -0.547. The fourth-order valence-electron chi connectivity index (χ4n) is 2.23. The number of nitrogens with zero attached hydrogens (tertiary/aromatic N) is 2. The first-order valence-corrected chi connectivity index (χ1v) is 5.93. The molecule has 1 saturated carbocycles. The van der Waals surface area contributed by atoms with Crippen LogP contribution in [-0.4, -0.2) is 59.0 Å². The molecule has 1 fully saturated rings. The second kappa shape index (κ2) is 6.23. The van der Waals surface area contributed by atoms with E-state index in [1.165, 1.54) is 11.9 Å². The third kappa shape index (κ3) is 3.90. The van der Waals surface area contributed by atoms with Crippen LogP contribution in [0.2, 0.25) is 0 Å². The fraction of sp³-hybridized carbons (Fsp3) is 0.727. The summed E-state index contributed by atoms with van der Waals surface area (Å²) in [6, 6.07) is -0.468. The number of primary amides is 1. The van der Waals surface area contributed by atoms with Gasteiger partial charge in [-0.05, 0) is 12.8 Å². The van der Waals surface area contributed by atoms with Gasteiger partial charge in [-0.25, -0.2) is 4.79 Å². The van der Waals surface area contributed by atoms with Gasteiger partial charge >= 0.3 is 12.0 Å². The Hall–Kier alpha value is -1.79. The highest BCUT2D eigenvalue weighted by molar-refractivity contribution is 5.85. The molecule has 7 nitrogen and oxygen atoms in total. The zero-order valence-electron chi connectivity index (χ0n) is 10.5. The van der Waals surface area contributed by atoms with Gasteiger partial charge < -0.3 is 20.6 Å². The lowest BCUT2D eigenvalue weighted by molar-refractivity contribution is -0.137.